The molecule has 2 rings (SSSR count). The maximum absolute atomic E-state index is 11.2. The zero-order valence-electron chi connectivity index (χ0n) is 11.1. The lowest BCUT2D eigenvalue weighted by molar-refractivity contribution is 0.0698. The minimum Gasteiger partial charge on any atom is -0.478 e. The number of carboxylic acid groups (broad SMARTS) is 1. The number of aromatic carboxylic acids is 1. The molecule has 0 aliphatic heterocycles. The van der Waals surface area contributed by atoms with E-state index in [0.717, 1.165) is 30.0 Å². The third-order valence-electron chi connectivity index (χ3n) is 3.57. The second-order valence-electron chi connectivity index (χ2n) is 5.28. The highest BCUT2D eigenvalue weighted by Crippen LogP contribution is 2.35. The highest BCUT2D eigenvalue weighted by molar-refractivity contribution is 5.94. The van der Waals surface area contributed by atoms with Gasteiger partial charge in [-0.25, -0.2) is 4.79 Å². The first-order valence-corrected chi connectivity index (χ1v) is 6.70. The topological polar surface area (TPSA) is 49.3 Å². The Bertz CT molecular complexity index is 438. The summed E-state index contributed by atoms with van der Waals surface area (Å²) in [5.74, 6) is -0.0145. The van der Waals surface area contributed by atoms with Gasteiger partial charge in [0.05, 0.1) is 5.56 Å². The highest BCUT2D eigenvalue weighted by atomic mass is 16.4. The monoisotopic (exact) mass is 247 g/mol. The van der Waals surface area contributed by atoms with Crippen molar-refractivity contribution in [2.24, 2.45) is 5.92 Å². The number of benzene rings is 1. The first kappa shape index (κ1) is 12.9. The van der Waals surface area contributed by atoms with Gasteiger partial charge in [-0.05, 0) is 43.4 Å². The summed E-state index contributed by atoms with van der Waals surface area (Å²) < 4.78 is 0. The van der Waals surface area contributed by atoms with Crippen molar-refractivity contribution in [2.75, 3.05) is 5.32 Å². The Balaban J connectivity index is 2.14. The van der Waals surface area contributed by atoms with E-state index in [9.17, 15) is 9.90 Å². The molecule has 0 spiro atoms. The molecule has 0 saturated heterocycles. The quantitative estimate of drug-likeness (QED) is 0.806. The number of carboxylic acids is 1. The second kappa shape index (κ2) is 5.42. The van der Waals surface area contributed by atoms with E-state index < -0.39 is 5.97 Å². The van der Waals surface area contributed by atoms with Crippen molar-refractivity contribution in [3.8, 4) is 0 Å². The van der Waals surface area contributed by atoms with Crippen LogP contribution in [-0.4, -0.2) is 17.1 Å². The summed E-state index contributed by atoms with van der Waals surface area (Å²) in [6.45, 7) is 4.13. The van der Waals surface area contributed by atoms with E-state index in [1.165, 1.54) is 12.8 Å². The molecule has 0 aromatic heterocycles. The van der Waals surface area contributed by atoms with Gasteiger partial charge in [-0.2, -0.15) is 0 Å². The van der Waals surface area contributed by atoms with Crippen LogP contribution >= 0.6 is 0 Å². The van der Waals surface area contributed by atoms with Crippen LogP contribution in [0.1, 0.15) is 48.5 Å². The van der Waals surface area contributed by atoms with Crippen LogP contribution in [0, 0.1) is 12.8 Å². The molecule has 1 aliphatic carbocycles. The van der Waals surface area contributed by atoms with Gasteiger partial charge in [0.15, 0.2) is 0 Å². The molecule has 1 atom stereocenters. The summed E-state index contributed by atoms with van der Waals surface area (Å²) in [5.41, 5.74) is 2.22. The molecule has 1 aliphatic rings. The summed E-state index contributed by atoms with van der Waals surface area (Å²) in [7, 11) is 0. The van der Waals surface area contributed by atoms with Crippen LogP contribution in [-0.2, 0) is 0 Å². The highest BCUT2D eigenvalue weighted by Gasteiger charge is 2.25. The van der Waals surface area contributed by atoms with Crippen molar-refractivity contribution >= 4 is 11.7 Å². The molecule has 3 heteroatoms. The second-order valence-corrected chi connectivity index (χ2v) is 5.28. The summed E-state index contributed by atoms with van der Waals surface area (Å²) >= 11 is 0. The Labute approximate surface area is 108 Å². The number of hydrogen-bond acceptors (Lipinski definition) is 2. The Kier molecular flexibility index (Phi) is 3.90. The molecular formula is C15H21NO2. The van der Waals surface area contributed by atoms with Gasteiger partial charge in [0.25, 0.3) is 0 Å². The first-order valence-electron chi connectivity index (χ1n) is 6.70. The van der Waals surface area contributed by atoms with Gasteiger partial charge in [0.2, 0.25) is 0 Å². The fraction of sp³-hybridized carbons (Fsp3) is 0.533. The fourth-order valence-electron chi connectivity index (χ4n) is 2.27. The van der Waals surface area contributed by atoms with Gasteiger partial charge in [0, 0.05) is 11.7 Å². The number of anilines is 1. The maximum Gasteiger partial charge on any atom is 0.337 e. The normalized spacial score (nSPS) is 16.3. The molecule has 18 heavy (non-hydrogen) atoms. The molecule has 0 heterocycles. The number of nitrogens with one attached hydrogen (secondary N) is 1. The molecular weight excluding hydrogens is 226 g/mol. The third-order valence-corrected chi connectivity index (χ3v) is 3.57. The Hall–Kier alpha value is -1.51. The van der Waals surface area contributed by atoms with Crippen LogP contribution < -0.4 is 5.32 Å². The molecule has 0 radical (unpaired) electrons. The van der Waals surface area contributed by atoms with Gasteiger partial charge in [-0.3, -0.25) is 0 Å². The predicted octanol–water partition coefficient (Wildman–Crippen LogP) is 3.68. The third kappa shape index (κ3) is 3.25. The summed E-state index contributed by atoms with van der Waals surface area (Å²) in [5, 5.41) is 12.6. The predicted molar refractivity (Wildman–Crippen MR) is 73.2 cm³/mol. The van der Waals surface area contributed by atoms with E-state index >= 15 is 0 Å². The van der Waals surface area contributed by atoms with Gasteiger partial charge in [-0.15, -0.1) is 0 Å². The standard InChI is InChI=1S/C15H21NO2/c1-3-12(9-11-5-6-11)16-14-8-10(2)4-7-13(14)15(17)18/h4,7-8,11-12,16H,3,5-6,9H2,1-2H3,(H,17,18). The number of carbonyl (C=O) groups is 1. The smallest absolute Gasteiger partial charge is 0.337 e. The SMILES string of the molecule is CCC(CC1CC1)Nc1cc(C)ccc1C(=O)O. The van der Waals surface area contributed by atoms with Crippen LogP contribution in [0.25, 0.3) is 0 Å². The number of aryl methyl sites for hydroxylation is 1. The zero-order valence-corrected chi connectivity index (χ0v) is 11.1. The van der Waals surface area contributed by atoms with E-state index in [1.54, 1.807) is 6.07 Å². The molecule has 1 unspecified atom stereocenters. The largest absolute Gasteiger partial charge is 0.478 e. The van der Waals surface area contributed by atoms with E-state index in [-0.39, 0.29) is 0 Å². The average molecular weight is 247 g/mol. The molecule has 98 valence electrons. The van der Waals surface area contributed by atoms with E-state index in [2.05, 4.69) is 12.2 Å². The molecule has 0 amide bonds. The number of rotatable bonds is 6. The van der Waals surface area contributed by atoms with Crippen LogP contribution in [0.4, 0.5) is 5.69 Å². The van der Waals surface area contributed by atoms with Crippen molar-refractivity contribution in [3.05, 3.63) is 29.3 Å². The Morgan fingerprint density at radius 2 is 2.22 bits per heavy atom. The van der Waals surface area contributed by atoms with Crippen LogP contribution in [0.15, 0.2) is 18.2 Å². The van der Waals surface area contributed by atoms with Gasteiger partial charge in [-0.1, -0.05) is 25.8 Å². The molecule has 1 aromatic rings. The Morgan fingerprint density at radius 3 is 2.78 bits per heavy atom. The lowest BCUT2D eigenvalue weighted by Gasteiger charge is -2.19. The van der Waals surface area contributed by atoms with Crippen molar-refractivity contribution < 1.29 is 9.90 Å². The van der Waals surface area contributed by atoms with Gasteiger partial charge >= 0.3 is 5.97 Å². The first-order chi connectivity index (χ1) is 8.60. The molecule has 1 fully saturated rings. The van der Waals surface area contributed by atoms with Crippen molar-refractivity contribution in [2.45, 2.75) is 45.6 Å². The minimum absolute atomic E-state index is 0.370. The zero-order chi connectivity index (χ0) is 13.1. The minimum atomic E-state index is -0.862. The van der Waals surface area contributed by atoms with Crippen LogP contribution in [0.2, 0.25) is 0 Å². The van der Waals surface area contributed by atoms with Crippen LogP contribution in [0.5, 0.6) is 0 Å². The fourth-order valence-corrected chi connectivity index (χ4v) is 2.27. The van der Waals surface area contributed by atoms with E-state index in [1.807, 2.05) is 19.1 Å². The van der Waals surface area contributed by atoms with Gasteiger partial charge in [0.1, 0.15) is 0 Å². The van der Waals surface area contributed by atoms with Crippen molar-refractivity contribution in [3.63, 3.8) is 0 Å². The number of hydrogen-bond donors (Lipinski definition) is 2. The lowest BCUT2D eigenvalue weighted by atomic mass is 10.0. The molecule has 0 bridgehead atoms. The Morgan fingerprint density at radius 1 is 1.50 bits per heavy atom. The molecule has 3 nitrogen and oxygen atoms in total. The van der Waals surface area contributed by atoms with E-state index in [0.29, 0.717) is 11.6 Å². The van der Waals surface area contributed by atoms with E-state index in [4.69, 9.17) is 0 Å². The van der Waals surface area contributed by atoms with Crippen LogP contribution in [0.3, 0.4) is 0 Å². The summed E-state index contributed by atoms with van der Waals surface area (Å²) in [6, 6.07) is 5.84. The molecule has 1 saturated carbocycles. The van der Waals surface area contributed by atoms with Crippen molar-refractivity contribution in [1.82, 2.24) is 0 Å². The maximum atomic E-state index is 11.2. The van der Waals surface area contributed by atoms with Crippen molar-refractivity contribution in [1.29, 1.82) is 0 Å². The lowest BCUT2D eigenvalue weighted by Crippen LogP contribution is -2.21. The average Bonchev–Trinajstić information content (AvgIpc) is 3.11. The van der Waals surface area contributed by atoms with Gasteiger partial charge < -0.3 is 10.4 Å². The summed E-state index contributed by atoms with van der Waals surface area (Å²) in [6.07, 6.45) is 4.85. The molecule has 2 N–H and O–H groups in total. The summed E-state index contributed by atoms with van der Waals surface area (Å²) in [4.78, 5) is 11.2. The molecule has 1 aromatic carbocycles.